The lowest BCUT2D eigenvalue weighted by atomic mass is 10.0. The molecule has 0 aromatic rings. The number of amides is 2. The molecule has 5 nitrogen and oxygen atoms in total. The number of carbonyl (C=O) groups excluding carboxylic acids is 1. The molecule has 2 aliphatic carbocycles. The molecule has 0 spiro atoms. The third-order valence-corrected chi connectivity index (χ3v) is 3.94. The highest BCUT2D eigenvalue weighted by Crippen LogP contribution is 2.33. The summed E-state index contributed by atoms with van der Waals surface area (Å²) in [6.07, 6.45) is 5.26. The number of hydrogen-bond donors (Lipinski definition) is 2. The molecule has 2 N–H and O–H groups in total. The van der Waals surface area contributed by atoms with Gasteiger partial charge in [-0.05, 0) is 49.9 Å². The Hall–Kier alpha value is -1.26. The van der Waals surface area contributed by atoms with Crippen molar-refractivity contribution in [1.29, 1.82) is 0 Å². The van der Waals surface area contributed by atoms with E-state index in [1.54, 1.807) is 0 Å². The van der Waals surface area contributed by atoms with Gasteiger partial charge in [-0.15, -0.1) is 0 Å². The first-order valence-corrected chi connectivity index (χ1v) is 7.74. The molecule has 0 aromatic carbocycles. The molecule has 2 saturated carbocycles. The van der Waals surface area contributed by atoms with Crippen LogP contribution in [0.25, 0.3) is 0 Å². The first kappa shape index (κ1) is 15.1. The molecule has 0 aromatic heterocycles. The second-order valence-corrected chi connectivity index (χ2v) is 6.76. The van der Waals surface area contributed by atoms with Crippen LogP contribution in [0, 0.1) is 17.8 Å². The Morgan fingerprint density at radius 3 is 2.00 bits per heavy atom. The van der Waals surface area contributed by atoms with Crippen LogP contribution in [0.3, 0.4) is 0 Å². The Morgan fingerprint density at radius 2 is 1.65 bits per heavy atom. The van der Waals surface area contributed by atoms with Crippen molar-refractivity contribution >= 4 is 12.0 Å². The van der Waals surface area contributed by atoms with Gasteiger partial charge in [-0.25, -0.2) is 9.59 Å². The standard InChI is InChI=1S/C15H26N2O3/c1-10(2)7-13(14(18)19)16-15(20)17(8-11-3-4-11)9-12-5-6-12/h10-13H,3-9H2,1-2H3,(H,16,20)(H,18,19)/t13-/m1/s1. The van der Waals surface area contributed by atoms with Gasteiger partial charge >= 0.3 is 12.0 Å². The van der Waals surface area contributed by atoms with Crippen molar-refractivity contribution in [3.8, 4) is 0 Å². The number of nitrogens with one attached hydrogen (secondary N) is 1. The number of urea groups is 1. The fourth-order valence-electron chi connectivity index (χ4n) is 2.40. The SMILES string of the molecule is CC(C)C[C@@H](NC(=O)N(CC1CC1)CC1CC1)C(=O)O. The summed E-state index contributed by atoms with van der Waals surface area (Å²) in [6, 6.07) is -0.972. The summed E-state index contributed by atoms with van der Waals surface area (Å²) in [6.45, 7) is 5.51. The number of carbonyl (C=O) groups is 2. The zero-order valence-corrected chi connectivity index (χ0v) is 12.5. The molecule has 2 fully saturated rings. The summed E-state index contributed by atoms with van der Waals surface area (Å²) in [5, 5.41) is 11.9. The second kappa shape index (κ2) is 6.46. The maximum absolute atomic E-state index is 12.3. The smallest absolute Gasteiger partial charge is 0.326 e. The maximum Gasteiger partial charge on any atom is 0.326 e. The molecule has 20 heavy (non-hydrogen) atoms. The van der Waals surface area contributed by atoms with Crippen molar-refractivity contribution in [2.75, 3.05) is 13.1 Å². The molecular formula is C15H26N2O3. The third-order valence-electron chi connectivity index (χ3n) is 3.94. The Morgan fingerprint density at radius 1 is 1.15 bits per heavy atom. The van der Waals surface area contributed by atoms with Crippen molar-refractivity contribution in [2.24, 2.45) is 17.8 Å². The summed E-state index contributed by atoms with van der Waals surface area (Å²) < 4.78 is 0. The van der Waals surface area contributed by atoms with Crippen molar-refractivity contribution in [3.05, 3.63) is 0 Å². The zero-order chi connectivity index (χ0) is 14.7. The van der Waals surface area contributed by atoms with Crippen LogP contribution in [-0.2, 0) is 4.79 Å². The zero-order valence-electron chi connectivity index (χ0n) is 12.5. The van der Waals surface area contributed by atoms with Crippen LogP contribution in [0.2, 0.25) is 0 Å². The van der Waals surface area contributed by atoms with Crippen molar-refractivity contribution in [2.45, 2.75) is 52.0 Å². The van der Waals surface area contributed by atoms with Gasteiger partial charge in [0.05, 0.1) is 0 Å². The van der Waals surface area contributed by atoms with E-state index in [0.717, 1.165) is 13.1 Å². The van der Waals surface area contributed by atoms with Crippen LogP contribution < -0.4 is 5.32 Å². The Labute approximate surface area is 120 Å². The molecule has 0 saturated heterocycles. The van der Waals surface area contributed by atoms with Gasteiger partial charge in [-0.2, -0.15) is 0 Å². The molecule has 114 valence electrons. The number of carboxylic acids is 1. The van der Waals surface area contributed by atoms with Crippen LogP contribution in [0.4, 0.5) is 4.79 Å². The van der Waals surface area contributed by atoms with Gasteiger partial charge in [0.25, 0.3) is 0 Å². The van der Waals surface area contributed by atoms with E-state index in [2.05, 4.69) is 5.32 Å². The van der Waals surface area contributed by atoms with Gasteiger partial charge in [-0.3, -0.25) is 0 Å². The molecule has 0 heterocycles. The van der Waals surface area contributed by atoms with Crippen molar-refractivity contribution < 1.29 is 14.7 Å². The molecule has 0 unspecified atom stereocenters. The lowest BCUT2D eigenvalue weighted by molar-refractivity contribution is -0.139. The number of hydrogen-bond acceptors (Lipinski definition) is 2. The molecule has 2 amide bonds. The van der Waals surface area contributed by atoms with Crippen molar-refractivity contribution in [1.82, 2.24) is 10.2 Å². The normalized spacial score (nSPS) is 19.8. The summed E-state index contributed by atoms with van der Waals surface area (Å²) in [7, 11) is 0. The fraction of sp³-hybridized carbons (Fsp3) is 0.867. The predicted molar refractivity (Wildman–Crippen MR) is 76.4 cm³/mol. The summed E-state index contributed by atoms with van der Waals surface area (Å²) in [4.78, 5) is 25.4. The van der Waals surface area contributed by atoms with Gasteiger partial charge in [-0.1, -0.05) is 13.8 Å². The largest absolute Gasteiger partial charge is 0.480 e. The molecule has 0 radical (unpaired) electrons. The van der Waals surface area contributed by atoms with E-state index in [1.165, 1.54) is 25.7 Å². The molecule has 2 aliphatic rings. The Kier molecular flexibility index (Phi) is 4.89. The summed E-state index contributed by atoms with van der Waals surface area (Å²) in [5.74, 6) is 0.572. The molecular weight excluding hydrogens is 256 g/mol. The van der Waals surface area contributed by atoms with Crippen LogP contribution in [0.5, 0.6) is 0 Å². The Balaban J connectivity index is 1.88. The Bertz CT molecular complexity index is 348. The fourth-order valence-corrected chi connectivity index (χ4v) is 2.40. The van der Waals surface area contributed by atoms with Crippen LogP contribution >= 0.6 is 0 Å². The molecule has 1 atom stereocenters. The van der Waals surface area contributed by atoms with Crippen LogP contribution in [0.1, 0.15) is 46.0 Å². The van der Waals surface area contributed by atoms with Gasteiger partial charge in [0.1, 0.15) is 6.04 Å². The van der Waals surface area contributed by atoms with Crippen LogP contribution in [-0.4, -0.2) is 41.1 Å². The number of aliphatic carboxylic acids is 1. The predicted octanol–water partition coefficient (Wildman–Crippen LogP) is 2.32. The molecule has 0 bridgehead atoms. The monoisotopic (exact) mass is 282 g/mol. The van der Waals surface area contributed by atoms with Gasteiger partial charge in [0.15, 0.2) is 0 Å². The molecule has 0 aliphatic heterocycles. The van der Waals surface area contributed by atoms with E-state index in [9.17, 15) is 14.7 Å². The van der Waals surface area contributed by atoms with E-state index in [-0.39, 0.29) is 11.9 Å². The average Bonchev–Trinajstić information content (AvgIpc) is 3.21. The lowest BCUT2D eigenvalue weighted by Gasteiger charge is -2.26. The quantitative estimate of drug-likeness (QED) is 0.718. The van der Waals surface area contributed by atoms with E-state index in [1.807, 2.05) is 18.7 Å². The second-order valence-electron chi connectivity index (χ2n) is 6.76. The van der Waals surface area contributed by atoms with Gasteiger partial charge in [0.2, 0.25) is 0 Å². The minimum atomic E-state index is -0.940. The van der Waals surface area contributed by atoms with Crippen molar-refractivity contribution in [3.63, 3.8) is 0 Å². The first-order chi connectivity index (χ1) is 9.45. The third kappa shape index (κ3) is 5.02. The van der Waals surface area contributed by atoms with Gasteiger partial charge in [0, 0.05) is 13.1 Å². The highest BCUT2D eigenvalue weighted by molar-refractivity contribution is 5.82. The number of rotatable bonds is 8. The maximum atomic E-state index is 12.3. The number of carboxylic acid groups (broad SMARTS) is 1. The highest BCUT2D eigenvalue weighted by atomic mass is 16.4. The molecule has 2 rings (SSSR count). The topological polar surface area (TPSA) is 69.6 Å². The average molecular weight is 282 g/mol. The van der Waals surface area contributed by atoms with Gasteiger partial charge < -0.3 is 15.3 Å². The van der Waals surface area contributed by atoms with E-state index in [0.29, 0.717) is 18.3 Å². The summed E-state index contributed by atoms with van der Waals surface area (Å²) >= 11 is 0. The van der Waals surface area contributed by atoms with Crippen LogP contribution in [0.15, 0.2) is 0 Å². The minimum absolute atomic E-state index is 0.197. The molecule has 5 heteroatoms. The number of nitrogens with zero attached hydrogens (tertiary/aromatic N) is 1. The minimum Gasteiger partial charge on any atom is -0.480 e. The lowest BCUT2D eigenvalue weighted by Crippen LogP contribution is -2.49. The van der Waals surface area contributed by atoms with E-state index in [4.69, 9.17) is 0 Å². The first-order valence-electron chi connectivity index (χ1n) is 7.74. The summed E-state index contributed by atoms with van der Waals surface area (Å²) in [5.41, 5.74) is 0. The highest BCUT2D eigenvalue weighted by Gasteiger charge is 2.33. The van der Waals surface area contributed by atoms with E-state index >= 15 is 0 Å². The van der Waals surface area contributed by atoms with E-state index < -0.39 is 12.0 Å².